The third-order valence-electron chi connectivity index (χ3n) is 6.44. The Morgan fingerprint density at radius 3 is 2.64 bits per heavy atom. The topological polar surface area (TPSA) is 65.8 Å². The van der Waals surface area contributed by atoms with Crippen LogP contribution < -0.4 is 5.32 Å². The van der Waals surface area contributed by atoms with E-state index in [2.05, 4.69) is 16.3 Å². The zero-order valence-electron chi connectivity index (χ0n) is 15.8. The predicted octanol–water partition coefficient (Wildman–Crippen LogP) is 2.20. The minimum Gasteiger partial charge on any atom is -0.459 e. The molecule has 2 amide bonds. The van der Waals surface area contributed by atoms with Gasteiger partial charge in [0, 0.05) is 31.6 Å². The SMILES string of the molecule is O=C(c1ccco1)N1Cc2ccccc2CC1C(=O)N1C2CCNCC1CC2. The molecule has 0 spiro atoms. The van der Waals surface area contributed by atoms with Gasteiger partial charge >= 0.3 is 0 Å². The summed E-state index contributed by atoms with van der Waals surface area (Å²) in [4.78, 5) is 30.7. The lowest BCUT2D eigenvalue weighted by molar-refractivity contribution is -0.139. The number of rotatable bonds is 2. The highest BCUT2D eigenvalue weighted by atomic mass is 16.3. The van der Waals surface area contributed by atoms with Crippen molar-refractivity contribution in [3.63, 3.8) is 0 Å². The van der Waals surface area contributed by atoms with E-state index in [0.717, 1.165) is 43.5 Å². The summed E-state index contributed by atoms with van der Waals surface area (Å²) < 4.78 is 5.36. The molecule has 1 aromatic heterocycles. The molecule has 0 saturated carbocycles. The second-order valence-corrected chi connectivity index (χ2v) is 8.02. The van der Waals surface area contributed by atoms with Crippen molar-refractivity contribution >= 4 is 11.8 Å². The highest BCUT2D eigenvalue weighted by Crippen LogP contribution is 2.32. The normalized spacial score (nSPS) is 26.6. The first-order valence-electron chi connectivity index (χ1n) is 10.2. The van der Waals surface area contributed by atoms with Gasteiger partial charge in [-0.25, -0.2) is 0 Å². The fraction of sp³-hybridized carbons (Fsp3) is 0.455. The molecule has 5 rings (SSSR count). The number of carbonyl (C=O) groups excluding carboxylic acids is 2. The van der Waals surface area contributed by atoms with Crippen LogP contribution in [0.4, 0.5) is 0 Å². The van der Waals surface area contributed by atoms with Gasteiger partial charge in [-0.15, -0.1) is 0 Å². The maximum Gasteiger partial charge on any atom is 0.290 e. The van der Waals surface area contributed by atoms with Crippen molar-refractivity contribution < 1.29 is 14.0 Å². The fourth-order valence-corrected chi connectivity index (χ4v) is 5.01. The number of amides is 2. The molecule has 2 saturated heterocycles. The van der Waals surface area contributed by atoms with Crippen LogP contribution in [-0.4, -0.2) is 52.8 Å². The van der Waals surface area contributed by atoms with Gasteiger partial charge in [0.1, 0.15) is 6.04 Å². The van der Waals surface area contributed by atoms with Crippen molar-refractivity contribution in [2.24, 2.45) is 0 Å². The number of furan rings is 1. The molecular formula is C22H25N3O3. The van der Waals surface area contributed by atoms with Crippen LogP contribution in [0, 0.1) is 0 Å². The summed E-state index contributed by atoms with van der Waals surface area (Å²) in [6.07, 6.45) is 5.15. The minimum absolute atomic E-state index is 0.0885. The summed E-state index contributed by atoms with van der Waals surface area (Å²) in [6, 6.07) is 11.5. The number of benzene rings is 1. The first-order valence-corrected chi connectivity index (χ1v) is 10.2. The van der Waals surface area contributed by atoms with E-state index in [1.807, 2.05) is 18.2 Å². The van der Waals surface area contributed by atoms with Gasteiger partial charge < -0.3 is 19.5 Å². The number of nitrogens with zero attached hydrogens (tertiary/aromatic N) is 2. The van der Waals surface area contributed by atoms with Crippen LogP contribution in [-0.2, 0) is 17.8 Å². The average Bonchev–Trinajstić information content (AvgIpc) is 3.33. The van der Waals surface area contributed by atoms with Gasteiger partial charge in [-0.05, 0) is 49.1 Å². The quantitative estimate of drug-likeness (QED) is 0.869. The van der Waals surface area contributed by atoms with Crippen LogP contribution in [0.2, 0.25) is 0 Å². The minimum atomic E-state index is -0.478. The first-order chi connectivity index (χ1) is 13.7. The zero-order valence-corrected chi connectivity index (χ0v) is 15.8. The van der Waals surface area contributed by atoms with E-state index in [0.29, 0.717) is 13.0 Å². The van der Waals surface area contributed by atoms with E-state index in [-0.39, 0.29) is 29.7 Å². The highest BCUT2D eigenvalue weighted by Gasteiger charge is 2.44. The number of carbonyl (C=O) groups is 2. The van der Waals surface area contributed by atoms with Crippen molar-refractivity contribution in [2.45, 2.75) is 50.4 Å². The van der Waals surface area contributed by atoms with Gasteiger partial charge in [0.15, 0.2) is 5.76 Å². The van der Waals surface area contributed by atoms with Crippen molar-refractivity contribution in [3.05, 3.63) is 59.5 Å². The number of hydrogen-bond donors (Lipinski definition) is 1. The zero-order chi connectivity index (χ0) is 19.1. The van der Waals surface area contributed by atoms with Crippen molar-refractivity contribution in [2.75, 3.05) is 13.1 Å². The summed E-state index contributed by atoms with van der Waals surface area (Å²) in [6.45, 7) is 2.23. The molecule has 0 radical (unpaired) electrons. The van der Waals surface area contributed by atoms with E-state index in [9.17, 15) is 9.59 Å². The van der Waals surface area contributed by atoms with Gasteiger partial charge in [-0.3, -0.25) is 9.59 Å². The second-order valence-electron chi connectivity index (χ2n) is 8.02. The Hall–Kier alpha value is -2.60. The Morgan fingerprint density at radius 1 is 1.00 bits per heavy atom. The van der Waals surface area contributed by atoms with Crippen molar-refractivity contribution in [3.8, 4) is 0 Å². The number of hydrogen-bond acceptors (Lipinski definition) is 4. The van der Waals surface area contributed by atoms with Crippen molar-refractivity contribution in [1.82, 2.24) is 15.1 Å². The van der Waals surface area contributed by atoms with Crippen LogP contribution in [0.5, 0.6) is 0 Å². The molecule has 3 unspecified atom stereocenters. The third-order valence-corrected chi connectivity index (χ3v) is 6.44. The molecule has 6 heteroatoms. The Morgan fingerprint density at radius 2 is 1.82 bits per heavy atom. The molecule has 0 aliphatic carbocycles. The molecule has 2 fully saturated rings. The third kappa shape index (κ3) is 2.92. The molecular weight excluding hydrogens is 354 g/mol. The van der Waals surface area contributed by atoms with E-state index in [1.54, 1.807) is 17.0 Å². The monoisotopic (exact) mass is 379 g/mol. The maximum absolute atomic E-state index is 13.7. The van der Waals surface area contributed by atoms with Gasteiger partial charge in [0.25, 0.3) is 5.91 Å². The summed E-state index contributed by atoms with van der Waals surface area (Å²) in [5.41, 5.74) is 2.26. The summed E-state index contributed by atoms with van der Waals surface area (Å²) in [7, 11) is 0. The molecule has 146 valence electrons. The van der Waals surface area contributed by atoms with Crippen molar-refractivity contribution in [1.29, 1.82) is 0 Å². The molecule has 3 atom stereocenters. The molecule has 1 aromatic carbocycles. The van der Waals surface area contributed by atoms with Crippen LogP contribution in [0.15, 0.2) is 47.1 Å². The van der Waals surface area contributed by atoms with Crippen LogP contribution in [0.25, 0.3) is 0 Å². The molecule has 4 heterocycles. The van der Waals surface area contributed by atoms with Crippen LogP contribution in [0.3, 0.4) is 0 Å². The molecule has 3 aliphatic heterocycles. The fourth-order valence-electron chi connectivity index (χ4n) is 5.01. The Balaban J connectivity index is 1.49. The van der Waals surface area contributed by atoms with E-state index < -0.39 is 6.04 Å². The molecule has 3 aliphatic rings. The van der Waals surface area contributed by atoms with E-state index >= 15 is 0 Å². The molecule has 2 bridgehead atoms. The van der Waals surface area contributed by atoms with E-state index in [4.69, 9.17) is 4.42 Å². The predicted molar refractivity (Wildman–Crippen MR) is 104 cm³/mol. The number of nitrogens with one attached hydrogen (secondary N) is 1. The van der Waals surface area contributed by atoms with Gasteiger partial charge in [-0.2, -0.15) is 0 Å². The first kappa shape index (κ1) is 17.5. The maximum atomic E-state index is 13.7. The molecule has 6 nitrogen and oxygen atoms in total. The lowest BCUT2D eigenvalue weighted by Gasteiger charge is -2.40. The second kappa shape index (κ2) is 7.09. The number of fused-ring (bicyclic) bond motifs is 3. The standard InChI is InChI=1S/C22H25N3O3/c26-21(25-17-7-8-18(25)13-23-10-9-17)19-12-15-4-1-2-5-16(15)14-24(19)22(27)20-6-3-11-28-20/h1-6,11,17-19,23H,7-10,12-14H2. The van der Waals surface area contributed by atoms with Gasteiger partial charge in [0.05, 0.1) is 6.26 Å². The largest absolute Gasteiger partial charge is 0.459 e. The summed E-state index contributed by atoms with van der Waals surface area (Å²) >= 11 is 0. The Bertz CT molecular complexity index is 865. The summed E-state index contributed by atoms with van der Waals surface area (Å²) in [5, 5.41) is 3.45. The Kier molecular flexibility index (Phi) is 4.43. The molecule has 2 aromatic rings. The van der Waals surface area contributed by atoms with Gasteiger partial charge in [-0.1, -0.05) is 24.3 Å². The van der Waals surface area contributed by atoms with Gasteiger partial charge in [0.2, 0.25) is 5.91 Å². The van der Waals surface area contributed by atoms with Crippen LogP contribution in [0.1, 0.15) is 40.9 Å². The lowest BCUT2D eigenvalue weighted by Crippen LogP contribution is -2.56. The summed E-state index contributed by atoms with van der Waals surface area (Å²) in [5.74, 6) is 0.168. The average molecular weight is 379 g/mol. The van der Waals surface area contributed by atoms with E-state index in [1.165, 1.54) is 6.26 Å². The Labute approximate surface area is 164 Å². The molecule has 1 N–H and O–H groups in total. The highest BCUT2D eigenvalue weighted by molar-refractivity contribution is 5.96. The van der Waals surface area contributed by atoms with Crippen LogP contribution >= 0.6 is 0 Å². The lowest BCUT2D eigenvalue weighted by atomic mass is 9.92. The molecule has 28 heavy (non-hydrogen) atoms. The smallest absolute Gasteiger partial charge is 0.290 e.